The first kappa shape index (κ1) is 20.8. The zero-order chi connectivity index (χ0) is 20.6. The highest BCUT2D eigenvalue weighted by Crippen LogP contribution is 2.27. The first-order valence-electron chi connectivity index (χ1n) is 9.37. The summed E-state index contributed by atoms with van der Waals surface area (Å²) in [5.41, 5.74) is 1.94. The van der Waals surface area contributed by atoms with Gasteiger partial charge in [0.15, 0.2) is 11.0 Å². The number of carbonyl (C=O) groups is 1. The average Bonchev–Trinajstić information content (AvgIpc) is 3.12. The smallest absolute Gasteiger partial charge is 0.233 e. The number of nitrogens with one attached hydrogen (secondary N) is 1. The summed E-state index contributed by atoms with van der Waals surface area (Å²) in [6.45, 7) is 6.69. The first-order chi connectivity index (χ1) is 14.1. The van der Waals surface area contributed by atoms with Crippen molar-refractivity contribution in [3.05, 3.63) is 78.6 Å². The molecule has 0 aliphatic carbocycles. The van der Waals surface area contributed by atoms with Gasteiger partial charge in [-0.15, -0.1) is 16.8 Å². The van der Waals surface area contributed by atoms with Gasteiger partial charge in [-0.25, -0.2) is 4.39 Å². The van der Waals surface area contributed by atoms with Gasteiger partial charge in [-0.2, -0.15) is 0 Å². The van der Waals surface area contributed by atoms with Crippen LogP contribution in [0, 0.1) is 5.82 Å². The van der Waals surface area contributed by atoms with Crippen LogP contribution in [0.1, 0.15) is 12.5 Å². The highest BCUT2D eigenvalue weighted by Gasteiger charge is 2.20. The molecule has 5 nitrogen and oxygen atoms in total. The Bertz CT molecular complexity index is 957. The highest BCUT2D eigenvalue weighted by molar-refractivity contribution is 8.00. The van der Waals surface area contributed by atoms with E-state index in [2.05, 4.69) is 22.1 Å². The minimum Gasteiger partial charge on any atom is -0.355 e. The van der Waals surface area contributed by atoms with E-state index in [-0.39, 0.29) is 17.0 Å². The Morgan fingerprint density at radius 2 is 1.93 bits per heavy atom. The lowest BCUT2D eigenvalue weighted by atomic mass is 10.1. The van der Waals surface area contributed by atoms with Crippen LogP contribution in [0.15, 0.2) is 72.4 Å². The van der Waals surface area contributed by atoms with Crippen LogP contribution in [0.3, 0.4) is 0 Å². The van der Waals surface area contributed by atoms with Crippen LogP contribution in [0.25, 0.3) is 11.4 Å². The number of hydrogen-bond donors (Lipinski definition) is 1. The van der Waals surface area contributed by atoms with E-state index in [0.29, 0.717) is 24.1 Å². The van der Waals surface area contributed by atoms with Gasteiger partial charge >= 0.3 is 0 Å². The Labute approximate surface area is 174 Å². The van der Waals surface area contributed by atoms with Crippen LogP contribution in [0.5, 0.6) is 0 Å². The van der Waals surface area contributed by atoms with Crippen molar-refractivity contribution in [2.24, 2.45) is 0 Å². The first-order valence-corrected chi connectivity index (χ1v) is 10.2. The molecule has 1 aromatic heterocycles. The fourth-order valence-corrected chi connectivity index (χ4v) is 3.69. The van der Waals surface area contributed by atoms with Gasteiger partial charge < -0.3 is 5.32 Å². The minimum absolute atomic E-state index is 0.0533. The molecular weight excluding hydrogens is 387 g/mol. The van der Waals surface area contributed by atoms with E-state index in [1.807, 2.05) is 41.8 Å². The van der Waals surface area contributed by atoms with E-state index >= 15 is 0 Å². The summed E-state index contributed by atoms with van der Waals surface area (Å²) in [7, 11) is 0. The molecule has 0 saturated carbocycles. The van der Waals surface area contributed by atoms with Crippen LogP contribution < -0.4 is 5.32 Å². The molecule has 0 unspecified atom stereocenters. The molecule has 0 spiro atoms. The number of nitrogens with zero attached hydrogens (tertiary/aromatic N) is 3. The van der Waals surface area contributed by atoms with E-state index in [0.717, 1.165) is 12.0 Å². The normalized spacial score (nSPS) is 11.8. The summed E-state index contributed by atoms with van der Waals surface area (Å²) in [5, 5.41) is 11.7. The molecule has 3 aromatic rings. The number of hydrogen-bond acceptors (Lipinski definition) is 4. The van der Waals surface area contributed by atoms with Gasteiger partial charge in [0, 0.05) is 18.7 Å². The average molecular weight is 411 g/mol. The molecule has 0 aliphatic heterocycles. The van der Waals surface area contributed by atoms with Crippen molar-refractivity contribution < 1.29 is 9.18 Å². The monoisotopic (exact) mass is 410 g/mol. The minimum atomic E-state index is -0.334. The third-order valence-corrected chi connectivity index (χ3v) is 5.42. The Hall–Kier alpha value is -2.93. The van der Waals surface area contributed by atoms with Gasteiger partial charge in [0.25, 0.3) is 0 Å². The quantitative estimate of drug-likeness (QED) is 0.426. The molecule has 0 aliphatic rings. The highest BCUT2D eigenvalue weighted by atomic mass is 32.2. The second-order valence-electron chi connectivity index (χ2n) is 6.50. The van der Waals surface area contributed by atoms with Crippen molar-refractivity contribution in [3.8, 4) is 11.4 Å². The molecule has 0 bridgehead atoms. The number of thioether (sulfide) groups is 1. The Morgan fingerprint density at radius 1 is 1.21 bits per heavy atom. The van der Waals surface area contributed by atoms with Gasteiger partial charge in [-0.1, -0.05) is 48.2 Å². The number of allylic oxidation sites excluding steroid dienone is 1. The molecule has 1 N–H and O–H groups in total. The van der Waals surface area contributed by atoms with Crippen molar-refractivity contribution >= 4 is 17.7 Å². The lowest BCUT2D eigenvalue weighted by Gasteiger charge is -2.13. The van der Waals surface area contributed by atoms with E-state index in [1.165, 1.54) is 29.5 Å². The van der Waals surface area contributed by atoms with Gasteiger partial charge in [0.1, 0.15) is 5.82 Å². The number of aromatic nitrogens is 3. The number of benzene rings is 2. The van der Waals surface area contributed by atoms with Gasteiger partial charge in [0.2, 0.25) is 5.91 Å². The molecule has 150 valence electrons. The fraction of sp³-hybridized carbons (Fsp3) is 0.227. The number of halogens is 1. The maximum atomic E-state index is 13.2. The molecule has 1 heterocycles. The number of carbonyl (C=O) groups excluding carboxylic acids is 1. The summed E-state index contributed by atoms with van der Waals surface area (Å²) in [6.07, 6.45) is 2.52. The summed E-state index contributed by atoms with van der Waals surface area (Å²) in [4.78, 5) is 12.5. The Morgan fingerprint density at radius 3 is 2.62 bits per heavy atom. The summed E-state index contributed by atoms with van der Waals surface area (Å²) in [5.74, 6) is 0.255. The van der Waals surface area contributed by atoms with E-state index < -0.39 is 0 Å². The lowest BCUT2D eigenvalue weighted by Crippen LogP contribution is -2.32. The third kappa shape index (κ3) is 5.54. The van der Waals surface area contributed by atoms with Crippen LogP contribution in [0.2, 0.25) is 0 Å². The van der Waals surface area contributed by atoms with Crippen molar-refractivity contribution in [2.75, 3.05) is 6.54 Å². The van der Waals surface area contributed by atoms with E-state index in [4.69, 9.17) is 0 Å². The zero-order valence-electron chi connectivity index (χ0n) is 16.2. The van der Waals surface area contributed by atoms with Gasteiger partial charge in [-0.3, -0.25) is 9.36 Å². The number of rotatable bonds is 9. The molecule has 1 amide bonds. The van der Waals surface area contributed by atoms with Crippen LogP contribution >= 0.6 is 11.8 Å². The standard InChI is InChI=1S/C22H23FN4OS/c1-3-15-27-20(18-9-11-19(23)12-10-18)25-26-22(27)29-16(2)21(28)24-14-13-17-7-5-4-6-8-17/h3-12,16H,1,13-15H2,2H3,(H,24,28)/t16-/m1/s1. The summed E-state index contributed by atoms with van der Waals surface area (Å²) < 4.78 is 15.1. The lowest BCUT2D eigenvalue weighted by molar-refractivity contribution is -0.120. The molecule has 2 aromatic carbocycles. The molecule has 1 atom stereocenters. The fourth-order valence-electron chi connectivity index (χ4n) is 2.81. The third-order valence-electron chi connectivity index (χ3n) is 4.34. The van der Waals surface area contributed by atoms with Crippen molar-refractivity contribution in [1.82, 2.24) is 20.1 Å². The van der Waals surface area contributed by atoms with E-state index in [9.17, 15) is 9.18 Å². The van der Waals surface area contributed by atoms with Crippen LogP contribution in [-0.2, 0) is 17.8 Å². The maximum Gasteiger partial charge on any atom is 0.233 e. The van der Waals surface area contributed by atoms with Crippen LogP contribution in [0.4, 0.5) is 4.39 Å². The molecule has 3 rings (SSSR count). The largest absolute Gasteiger partial charge is 0.355 e. The number of amides is 1. The van der Waals surface area contributed by atoms with E-state index in [1.54, 1.807) is 18.2 Å². The van der Waals surface area contributed by atoms with Crippen molar-refractivity contribution in [1.29, 1.82) is 0 Å². The predicted molar refractivity (Wildman–Crippen MR) is 114 cm³/mol. The van der Waals surface area contributed by atoms with Gasteiger partial charge in [-0.05, 0) is 43.2 Å². The zero-order valence-corrected chi connectivity index (χ0v) is 17.0. The maximum absolute atomic E-state index is 13.2. The molecule has 0 radical (unpaired) electrons. The van der Waals surface area contributed by atoms with Crippen LogP contribution in [-0.4, -0.2) is 32.5 Å². The SMILES string of the molecule is C=CCn1c(S[C@H](C)C(=O)NCCc2ccccc2)nnc1-c1ccc(F)cc1. The Balaban J connectivity index is 1.64. The van der Waals surface area contributed by atoms with Gasteiger partial charge in [0.05, 0.1) is 5.25 Å². The molecular formula is C22H23FN4OS. The second-order valence-corrected chi connectivity index (χ2v) is 7.81. The second kappa shape index (κ2) is 10.0. The molecule has 7 heteroatoms. The molecule has 0 saturated heterocycles. The molecule has 29 heavy (non-hydrogen) atoms. The summed E-state index contributed by atoms with van der Waals surface area (Å²) >= 11 is 1.34. The Kier molecular flexibility index (Phi) is 7.19. The summed E-state index contributed by atoms with van der Waals surface area (Å²) in [6, 6.07) is 16.1. The topological polar surface area (TPSA) is 59.8 Å². The molecule has 0 fully saturated rings. The van der Waals surface area contributed by atoms with Crippen molar-refractivity contribution in [3.63, 3.8) is 0 Å². The predicted octanol–water partition coefficient (Wildman–Crippen LogP) is 4.11. The van der Waals surface area contributed by atoms with Crippen molar-refractivity contribution in [2.45, 2.75) is 30.3 Å².